The Morgan fingerprint density at radius 1 is 1.22 bits per heavy atom. The van der Waals surface area contributed by atoms with E-state index in [4.69, 9.17) is 10.5 Å². The predicted molar refractivity (Wildman–Crippen MR) is 66.7 cm³/mol. The average Bonchev–Trinajstić information content (AvgIpc) is 2.38. The van der Waals surface area contributed by atoms with Gasteiger partial charge in [-0.1, -0.05) is 6.92 Å². The molecule has 2 aliphatic heterocycles. The first-order valence-electron chi connectivity index (χ1n) is 6.81. The molecule has 0 radical (unpaired) electrons. The molecule has 1 unspecified atom stereocenters. The van der Waals surface area contributed by atoms with Crippen molar-refractivity contribution in [2.24, 2.45) is 11.7 Å². The Labute approximate surface area is 108 Å². The normalized spacial score (nSPS) is 33.2. The van der Waals surface area contributed by atoms with Crippen LogP contribution in [0.4, 0.5) is 0 Å². The Bertz CT molecular complexity index is 326. The Kier molecular flexibility index (Phi) is 4.22. The van der Waals surface area contributed by atoms with Crippen LogP contribution in [0.3, 0.4) is 0 Å². The molecule has 5 heteroatoms. The van der Waals surface area contributed by atoms with E-state index in [1.165, 1.54) is 0 Å². The quantitative estimate of drug-likeness (QED) is 0.699. The van der Waals surface area contributed by atoms with Crippen LogP contribution in [-0.4, -0.2) is 42.0 Å². The Morgan fingerprint density at radius 3 is 2.61 bits per heavy atom. The number of carbonyl (C=O) groups excluding carboxylic acids is 2. The van der Waals surface area contributed by atoms with Crippen LogP contribution in [0.15, 0.2) is 0 Å². The number of piperidine rings is 1. The van der Waals surface area contributed by atoms with E-state index in [1.807, 2.05) is 0 Å². The molecule has 102 valence electrons. The van der Waals surface area contributed by atoms with E-state index in [0.717, 1.165) is 38.7 Å². The third-order valence-corrected chi connectivity index (χ3v) is 3.98. The molecule has 2 heterocycles. The minimum absolute atomic E-state index is 0.0292. The molecule has 2 aliphatic rings. The van der Waals surface area contributed by atoms with Gasteiger partial charge in [-0.2, -0.15) is 0 Å². The molecule has 18 heavy (non-hydrogen) atoms. The van der Waals surface area contributed by atoms with E-state index in [-0.39, 0.29) is 12.1 Å². The third kappa shape index (κ3) is 2.83. The van der Waals surface area contributed by atoms with Gasteiger partial charge in [0, 0.05) is 13.2 Å². The van der Waals surface area contributed by atoms with Crippen molar-refractivity contribution in [3.05, 3.63) is 0 Å². The summed E-state index contributed by atoms with van der Waals surface area (Å²) in [6.07, 6.45) is 5.26. The summed E-state index contributed by atoms with van der Waals surface area (Å²) in [6.45, 7) is 3.47. The molecule has 0 spiro atoms. The summed E-state index contributed by atoms with van der Waals surface area (Å²) in [4.78, 5) is 24.7. The Hall–Kier alpha value is -1.10. The van der Waals surface area contributed by atoms with Gasteiger partial charge >= 0.3 is 11.8 Å². The number of likely N-dealkylation sites (tertiary alicyclic amines) is 1. The number of hydrogen-bond donors (Lipinski definition) is 1. The van der Waals surface area contributed by atoms with Crippen LogP contribution in [0.1, 0.15) is 39.0 Å². The molecule has 0 aromatic rings. The molecule has 0 bridgehead atoms. The van der Waals surface area contributed by atoms with E-state index >= 15 is 0 Å². The Balaban J connectivity index is 2.09. The van der Waals surface area contributed by atoms with E-state index in [1.54, 1.807) is 4.90 Å². The second-order valence-electron chi connectivity index (χ2n) is 5.48. The summed E-state index contributed by atoms with van der Waals surface area (Å²) in [6, 6.07) is 0.0292. The van der Waals surface area contributed by atoms with Gasteiger partial charge in [0.15, 0.2) is 0 Å². The topological polar surface area (TPSA) is 72.6 Å². The van der Waals surface area contributed by atoms with Crippen molar-refractivity contribution in [3.63, 3.8) is 0 Å². The van der Waals surface area contributed by atoms with Crippen molar-refractivity contribution in [3.8, 4) is 0 Å². The van der Waals surface area contributed by atoms with Gasteiger partial charge < -0.3 is 15.4 Å². The van der Waals surface area contributed by atoms with Crippen LogP contribution in [-0.2, 0) is 14.3 Å². The van der Waals surface area contributed by atoms with Gasteiger partial charge in [0.05, 0.1) is 12.1 Å². The highest BCUT2D eigenvalue weighted by atomic mass is 16.5. The molecule has 2 rings (SSSR count). The fourth-order valence-corrected chi connectivity index (χ4v) is 3.00. The number of carbonyl (C=O) groups is 2. The first-order chi connectivity index (χ1) is 8.59. The first kappa shape index (κ1) is 13.3. The van der Waals surface area contributed by atoms with Gasteiger partial charge in [0.1, 0.15) is 0 Å². The lowest BCUT2D eigenvalue weighted by Gasteiger charge is -2.43. The summed E-state index contributed by atoms with van der Waals surface area (Å²) >= 11 is 0. The molecule has 2 N–H and O–H groups in total. The number of rotatable bonds is 1. The van der Waals surface area contributed by atoms with Gasteiger partial charge in [-0.05, 0) is 38.0 Å². The summed E-state index contributed by atoms with van der Waals surface area (Å²) in [5.41, 5.74) is 5.13. The Morgan fingerprint density at radius 2 is 2.00 bits per heavy atom. The molecule has 0 aromatic carbocycles. The van der Waals surface area contributed by atoms with E-state index < -0.39 is 11.8 Å². The fraction of sp³-hybridized carbons (Fsp3) is 0.846. The highest BCUT2D eigenvalue weighted by Gasteiger charge is 2.37. The fourth-order valence-electron chi connectivity index (χ4n) is 3.00. The second kappa shape index (κ2) is 5.69. The lowest BCUT2D eigenvalue weighted by Crippen LogP contribution is -2.55. The van der Waals surface area contributed by atoms with E-state index in [9.17, 15) is 9.59 Å². The summed E-state index contributed by atoms with van der Waals surface area (Å²) in [5, 5.41) is 0. The molecule has 2 fully saturated rings. The summed E-state index contributed by atoms with van der Waals surface area (Å²) in [7, 11) is 0. The SMILES string of the molecule is C[C@H]1CC[C@H](C2CCCCO2)N(C(=O)C(N)=O)C1. The van der Waals surface area contributed by atoms with Crippen LogP contribution in [0.2, 0.25) is 0 Å². The lowest BCUT2D eigenvalue weighted by atomic mass is 9.88. The number of hydrogen-bond acceptors (Lipinski definition) is 3. The largest absolute Gasteiger partial charge is 0.376 e. The smallest absolute Gasteiger partial charge is 0.312 e. The molecule has 0 aliphatic carbocycles. The minimum Gasteiger partial charge on any atom is -0.376 e. The second-order valence-corrected chi connectivity index (χ2v) is 5.48. The number of ether oxygens (including phenoxy) is 1. The van der Waals surface area contributed by atoms with Gasteiger partial charge in [-0.15, -0.1) is 0 Å². The van der Waals surface area contributed by atoms with Crippen molar-refractivity contribution in [1.82, 2.24) is 4.90 Å². The zero-order valence-electron chi connectivity index (χ0n) is 10.9. The standard InChI is InChI=1S/C13H22N2O3/c1-9-5-6-10(11-4-2-3-7-18-11)15(8-9)13(17)12(14)16/h9-11H,2-8H2,1H3,(H2,14,16)/t9-,10+,11?/m0/s1. The molecule has 3 atom stereocenters. The van der Waals surface area contributed by atoms with Gasteiger partial charge in [-0.25, -0.2) is 0 Å². The molecule has 0 aromatic heterocycles. The minimum atomic E-state index is -0.857. The highest BCUT2D eigenvalue weighted by molar-refractivity contribution is 6.34. The van der Waals surface area contributed by atoms with Crippen molar-refractivity contribution >= 4 is 11.8 Å². The zero-order valence-corrected chi connectivity index (χ0v) is 10.9. The number of nitrogens with zero attached hydrogens (tertiary/aromatic N) is 1. The predicted octanol–water partition coefficient (Wildman–Crippen LogP) is 0.668. The van der Waals surface area contributed by atoms with Crippen LogP contribution in [0.25, 0.3) is 0 Å². The van der Waals surface area contributed by atoms with Crippen molar-refractivity contribution in [2.45, 2.75) is 51.2 Å². The van der Waals surface area contributed by atoms with Gasteiger partial charge in [0.25, 0.3) is 0 Å². The number of primary amides is 1. The number of nitrogens with two attached hydrogens (primary N) is 1. The molecule has 2 saturated heterocycles. The van der Waals surface area contributed by atoms with Gasteiger partial charge in [0.2, 0.25) is 0 Å². The monoisotopic (exact) mass is 254 g/mol. The lowest BCUT2D eigenvalue weighted by molar-refractivity contribution is -0.151. The maximum absolute atomic E-state index is 11.9. The van der Waals surface area contributed by atoms with Crippen molar-refractivity contribution < 1.29 is 14.3 Å². The van der Waals surface area contributed by atoms with Crippen molar-refractivity contribution in [2.75, 3.05) is 13.2 Å². The maximum atomic E-state index is 11.9. The van der Waals surface area contributed by atoms with Crippen LogP contribution >= 0.6 is 0 Å². The van der Waals surface area contributed by atoms with Gasteiger partial charge in [-0.3, -0.25) is 9.59 Å². The van der Waals surface area contributed by atoms with Crippen LogP contribution < -0.4 is 5.73 Å². The molecule has 5 nitrogen and oxygen atoms in total. The summed E-state index contributed by atoms with van der Waals surface area (Å²) in [5.74, 6) is -0.987. The van der Waals surface area contributed by atoms with Crippen LogP contribution in [0, 0.1) is 5.92 Å². The van der Waals surface area contributed by atoms with Crippen LogP contribution in [0.5, 0.6) is 0 Å². The summed E-state index contributed by atoms with van der Waals surface area (Å²) < 4.78 is 5.77. The van der Waals surface area contributed by atoms with E-state index in [2.05, 4.69) is 6.92 Å². The first-order valence-corrected chi connectivity index (χ1v) is 6.81. The van der Waals surface area contributed by atoms with E-state index in [0.29, 0.717) is 12.5 Å². The third-order valence-electron chi connectivity index (χ3n) is 3.98. The molecular weight excluding hydrogens is 232 g/mol. The number of amides is 2. The molecule has 2 amide bonds. The van der Waals surface area contributed by atoms with Crippen molar-refractivity contribution in [1.29, 1.82) is 0 Å². The average molecular weight is 254 g/mol. The highest BCUT2D eigenvalue weighted by Crippen LogP contribution is 2.29. The maximum Gasteiger partial charge on any atom is 0.312 e. The molecular formula is C13H22N2O3. The zero-order chi connectivity index (χ0) is 13.1. The molecule has 0 saturated carbocycles.